The Bertz CT molecular complexity index is 264. The van der Waals surface area contributed by atoms with Crippen LogP contribution in [0.3, 0.4) is 0 Å². The van der Waals surface area contributed by atoms with Crippen molar-refractivity contribution in [2.45, 2.75) is 25.9 Å². The Labute approximate surface area is 76.0 Å². The number of benzene rings is 1. The second-order valence-electron chi connectivity index (χ2n) is 3.09. The molecule has 0 bridgehead atoms. The van der Waals surface area contributed by atoms with Crippen molar-refractivity contribution in [3.63, 3.8) is 0 Å². The van der Waals surface area contributed by atoms with Gasteiger partial charge in [0.2, 0.25) is 0 Å². The molecule has 1 aromatic carbocycles. The zero-order chi connectivity index (χ0) is 9.84. The van der Waals surface area contributed by atoms with Crippen molar-refractivity contribution in [1.82, 2.24) is 0 Å². The van der Waals surface area contributed by atoms with E-state index in [2.05, 4.69) is 0 Å². The molecule has 0 aliphatic heterocycles. The predicted molar refractivity (Wildman–Crippen MR) is 46.4 cm³/mol. The van der Waals surface area contributed by atoms with Crippen LogP contribution in [0, 0.1) is 11.6 Å². The molecule has 1 N–H and O–H groups in total. The molecule has 0 amide bonds. The molecule has 1 nitrogen and oxygen atoms in total. The fourth-order valence-corrected chi connectivity index (χ4v) is 1.12. The van der Waals surface area contributed by atoms with Crippen molar-refractivity contribution in [2.75, 3.05) is 0 Å². The fourth-order valence-electron chi connectivity index (χ4n) is 1.12. The average molecular weight is 186 g/mol. The maximum absolute atomic E-state index is 13.0. The summed E-state index contributed by atoms with van der Waals surface area (Å²) in [6, 6.07) is 3.78. The van der Waals surface area contributed by atoms with Crippen LogP contribution < -0.4 is 0 Å². The molecule has 1 aromatic rings. The van der Waals surface area contributed by atoms with Gasteiger partial charge in [0.1, 0.15) is 11.6 Å². The summed E-state index contributed by atoms with van der Waals surface area (Å²) < 4.78 is 26.0. The summed E-state index contributed by atoms with van der Waals surface area (Å²) in [5, 5.41) is 8.95. The van der Waals surface area contributed by atoms with Crippen LogP contribution in [0.4, 0.5) is 8.78 Å². The first-order valence-electron chi connectivity index (χ1n) is 4.22. The minimum Gasteiger partial charge on any atom is -0.393 e. The van der Waals surface area contributed by atoms with Crippen LogP contribution in [-0.2, 0) is 6.42 Å². The smallest absolute Gasteiger partial charge is 0.129 e. The highest BCUT2D eigenvalue weighted by Gasteiger charge is 2.08. The zero-order valence-electron chi connectivity index (χ0n) is 7.43. The van der Waals surface area contributed by atoms with Gasteiger partial charge in [0, 0.05) is 5.56 Å². The third-order valence-corrected chi connectivity index (χ3v) is 1.87. The number of hydrogen-bond donors (Lipinski definition) is 1. The number of hydrogen-bond acceptors (Lipinski definition) is 1. The Morgan fingerprint density at radius 2 is 1.85 bits per heavy atom. The second-order valence-corrected chi connectivity index (χ2v) is 3.09. The lowest BCUT2D eigenvalue weighted by Gasteiger charge is -2.06. The van der Waals surface area contributed by atoms with E-state index in [1.807, 2.05) is 0 Å². The van der Waals surface area contributed by atoms with Gasteiger partial charge in [0.05, 0.1) is 6.10 Å². The van der Waals surface area contributed by atoms with E-state index in [9.17, 15) is 8.78 Å². The van der Waals surface area contributed by atoms with Crippen LogP contribution >= 0.6 is 0 Å². The van der Waals surface area contributed by atoms with E-state index in [0.29, 0.717) is 6.42 Å². The van der Waals surface area contributed by atoms with E-state index >= 15 is 0 Å². The molecule has 13 heavy (non-hydrogen) atoms. The van der Waals surface area contributed by atoms with Crippen LogP contribution in [0.15, 0.2) is 18.2 Å². The molecule has 1 atom stereocenters. The van der Waals surface area contributed by atoms with Crippen molar-refractivity contribution in [3.8, 4) is 0 Å². The van der Waals surface area contributed by atoms with Crippen LogP contribution in [0.1, 0.15) is 18.9 Å². The Morgan fingerprint density at radius 1 is 1.31 bits per heavy atom. The fraction of sp³-hybridized carbons (Fsp3) is 0.400. The Hall–Kier alpha value is -0.960. The summed E-state index contributed by atoms with van der Waals surface area (Å²) in [5.41, 5.74) is 0.0587. The van der Waals surface area contributed by atoms with Crippen LogP contribution in [0.2, 0.25) is 0 Å². The summed E-state index contributed by atoms with van der Waals surface area (Å²) in [6.45, 7) is 1.60. The number of rotatable bonds is 3. The first kappa shape index (κ1) is 10.1. The number of aliphatic hydroxyl groups excluding tert-OH is 1. The van der Waals surface area contributed by atoms with Gasteiger partial charge in [0.15, 0.2) is 0 Å². The van der Waals surface area contributed by atoms with E-state index in [1.54, 1.807) is 6.92 Å². The Balaban J connectivity index is 2.75. The zero-order valence-corrected chi connectivity index (χ0v) is 7.43. The molecule has 0 heterocycles. The third-order valence-electron chi connectivity index (χ3n) is 1.87. The van der Waals surface area contributed by atoms with E-state index in [4.69, 9.17) is 5.11 Å². The van der Waals surface area contributed by atoms with E-state index in [0.717, 1.165) is 0 Å². The number of halogens is 2. The maximum Gasteiger partial charge on any atom is 0.129 e. The van der Waals surface area contributed by atoms with Crippen molar-refractivity contribution < 1.29 is 13.9 Å². The second kappa shape index (κ2) is 4.33. The Morgan fingerprint density at radius 3 is 2.31 bits per heavy atom. The lowest BCUT2D eigenvalue weighted by atomic mass is 10.1. The van der Waals surface area contributed by atoms with Gasteiger partial charge in [-0.15, -0.1) is 0 Å². The molecule has 0 saturated heterocycles. The minimum atomic E-state index is -0.541. The van der Waals surface area contributed by atoms with E-state index in [1.165, 1.54) is 18.2 Å². The molecule has 72 valence electrons. The van der Waals surface area contributed by atoms with E-state index < -0.39 is 17.7 Å². The molecule has 0 spiro atoms. The molecular formula is C10H12F2O. The highest BCUT2D eigenvalue weighted by Crippen LogP contribution is 2.14. The first-order valence-corrected chi connectivity index (χ1v) is 4.22. The standard InChI is InChI=1S/C10H12F2O/c1-7(13)5-6-8-9(11)3-2-4-10(8)12/h2-4,7,13H,5-6H2,1H3/t7-/m0/s1. The van der Waals surface area contributed by atoms with Gasteiger partial charge in [0.25, 0.3) is 0 Å². The molecule has 0 aromatic heterocycles. The first-order chi connectivity index (χ1) is 6.11. The lowest BCUT2D eigenvalue weighted by molar-refractivity contribution is 0.184. The van der Waals surface area contributed by atoms with Gasteiger partial charge in [-0.05, 0) is 31.9 Å². The topological polar surface area (TPSA) is 20.2 Å². The van der Waals surface area contributed by atoms with Gasteiger partial charge in [-0.3, -0.25) is 0 Å². The maximum atomic E-state index is 13.0. The van der Waals surface area contributed by atoms with Crippen LogP contribution in [-0.4, -0.2) is 11.2 Å². The highest BCUT2D eigenvalue weighted by molar-refractivity contribution is 5.19. The molecule has 0 unspecified atom stereocenters. The molecule has 3 heteroatoms. The SMILES string of the molecule is C[C@H](O)CCc1c(F)cccc1F. The Kier molecular flexibility index (Phi) is 3.37. The van der Waals surface area contributed by atoms with Gasteiger partial charge < -0.3 is 5.11 Å². The lowest BCUT2D eigenvalue weighted by Crippen LogP contribution is -2.04. The molecule has 0 aliphatic carbocycles. The van der Waals surface area contributed by atoms with Gasteiger partial charge in [-0.1, -0.05) is 6.07 Å². The monoisotopic (exact) mass is 186 g/mol. The molecule has 0 aliphatic rings. The summed E-state index contributed by atoms with van der Waals surface area (Å²) in [6.07, 6.45) is 0.0765. The van der Waals surface area contributed by atoms with Crippen molar-refractivity contribution in [1.29, 1.82) is 0 Å². The van der Waals surface area contributed by atoms with Gasteiger partial charge in [-0.25, -0.2) is 8.78 Å². The van der Waals surface area contributed by atoms with Crippen molar-refractivity contribution >= 4 is 0 Å². The third kappa shape index (κ3) is 2.77. The van der Waals surface area contributed by atoms with Crippen LogP contribution in [0.25, 0.3) is 0 Å². The minimum absolute atomic E-state index is 0.0587. The van der Waals surface area contributed by atoms with Crippen LogP contribution in [0.5, 0.6) is 0 Å². The predicted octanol–water partition coefficient (Wildman–Crippen LogP) is 2.28. The normalized spacial score (nSPS) is 12.9. The van der Waals surface area contributed by atoms with Gasteiger partial charge >= 0.3 is 0 Å². The molecule has 0 saturated carbocycles. The molecule has 0 fully saturated rings. The van der Waals surface area contributed by atoms with Gasteiger partial charge in [-0.2, -0.15) is 0 Å². The number of aliphatic hydroxyl groups is 1. The summed E-state index contributed by atoms with van der Waals surface area (Å²) >= 11 is 0. The molecular weight excluding hydrogens is 174 g/mol. The largest absolute Gasteiger partial charge is 0.393 e. The summed E-state index contributed by atoms with van der Waals surface area (Å²) in [5.74, 6) is -1.08. The molecule has 0 radical (unpaired) electrons. The van der Waals surface area contributed by atoms with Crippen molar-refractivity contribution in [2.24, 2.45) is 0 Å². The van der Waals surface area contributed by atoms with Crippen molar-refractivity contribution in [3.05, 3.63) is 35.4 Å². The highest BCUT2D eigenvalue weighted by atomic mass is 19.1. The molecule has 1 rings (SSSR count). The van der Waals surface area contributed by atoms with E-state index in [-0.39, 0.29) is 12.0 Å². The summed E-state index contributed by atoms with van der Waals surface area (Å²) in [7, 11) is 0. The summed E-state index contributed by atoms with van der Waals surface area (Å²) in [4.78, 5) is 0. The average Bonchev–Trinajstić information content (AvgIpc) is 2.03. The quantitative estimate of drug-likeness (QED) is 0.767.